The van der Waals surface area contributed by atoms with Gasteiger partial charge in [0.1, 0.15) is 5.75 Å². The van der Waals surface area contributed by atoms with Gasteiger partial charge in [0, 0.05) is 11.5 Å². The first-order valence-corrected chi connectivity index (χ1v) is 7.93. The zero-order chi connectivity index (χ0) is 18.6. The molecular weight excluding hydrogens is 337 g/mol. The van der Waals surface area contributed by atoms with E-state index in [1.807, 2.05) is 0 Å². The molecular formula is C18H21F3O4. The summed E-state index contributed by atoms with van der Waals surface area (Å²) in [5.41, 5.74) is 0.404. The van der Waals surface area contributed by atoms with Crippen molar-refractivity contribution in [2.24, 2.45) is 5.92 Å². The average molecular weight is 358 g/mol. The van der Waals surface area contributed by atoms with Gasteiger partial charge in [-0.1, -0.05) is 11.6 Å². The van der Waals surface area contributed by atoms with Crippen LogP contribution in [0.5, 0.6) is 5.75 Å². The number of aliphatic hydroxyl groups excluding tert-OH is 1. The van der Waals surface area contributed by atoms with Gasteiger partial charge in [-0.15, -0.1) is 0 Å². The zero-order valence-electron chi connectivity index (χ0n) is 14.1. The first kappa shape index (κ1) is 19.3. The minimum Gasteiger partial charge on any atom is -0.496 e. The Kier molecular flexibility index (Phi) is 6.11. The van der Waals surface area contributed by atoms with Crippen LogP contribution in [0, 0.1) is 5.92 Å². The number of rotatable bonds is 5. The maximum atomic E-state index is 13.0. The van der Waals surface area contributed by atoms with E-state index in [-0.39, 0.29) is 29.8 Å². The largest absolute Gasteiger partial charge is 0.496 e. The molecule has 0 spiro atoms. The molecule has 138 valence electrons. The van der Waals surface area contributed by atoms with Crippen molar-refractivity contribution < 1.29 is 32.5 Å². The van der Waals surface area contributed by atoms with E-state index in [0.29, 0.717) is 19.3 Å². The molecule has 25 heavy (non-hydrogen) atoms. The summed E-state index contributed by atoms with van der Waals surface area (Å²) in [6.07, 6.45) is -0.961. The monoisotopic (exact) mass is 358 g/mol. The van der Waals surface area contributed by atoms with E-state index in [4.69, 9.17) is 9.47 Å². The smallest absolute Gasteiger partial charge is 0.416 e. The molecule has 2 rings (SSSR count). The molecule has 0 aliphatic heterocycles. The third-order valence-corrected chi connectivity index (χ3v) is 4.45. The molecule has 0 aromatic heterocycles. The predicted octanol–water partition coefficient (Wildman–Crippen LogP) is 3.69. The van der Waals surface area contributed by atoms with Crippen molar-refractivity contribution in [3.8, 4) is 5.75 Å². The number of allylic oxidation sites excluding steroid dienone is 1. The Labute approximate surface area is 144 Å². The van der Waals surface area contributed by atoms with E-state index in [1.165, 1.54) is 20.3 Å². The molecule has 1 aromatic rings. The molecule has 0 amide bonds. The number of hydrogen-bond donors (Lipinski definition) is 1. The van der Waals surface area contributed by atoms with Gasteiger partial charge in [0.05, 0.1) is 32.3 Å². The maximum Gasteiger partial charge on any atom is 0.416 e. The molecule has 0 radical (unpaired) electrons. The molecule has 2 atom stereocenters. The van der Waals surface area contributed by atoms with Crippen LogP contribution in [0.2, 0.25) is 0 Å². The highest BCUT2D eigenvalue weighted by Gasteiger charge is 2.32. The summed E-state index contributed by atoms with van der Waals surface area (Å²) in [6.45, 7) is -0.357. The van der Waals surface area contributed by atoms with Gasteiger partial charge in [-0.25, -0.2) is 0 Å². The minimum atomic E-state index is -4.47. The van der Waals surface area contributed by atoms with Gasteiger partial charge in [-0.05, 0) is 37.5 Å². The van der Waals surface area contributed by atoms with Crippen molar-refractivity contribution in [2.45, 2.75) is 31.4 Å². The summed E-state index contributed by atoms with van der Waals surface area (Å²) in [5, 5.41) is 9.70. The topological polar surface area (TPSA) is 55.8 Å². The molecule has 7 heteroatoms. The summed E-state index contributed by atoms with van der Waals surface area (Å²) in [7, 11) is 2.70. The molecule has 1 aliphatic carbocycles. The van der Waals surface area contributed by atoms with Crippen LogP contribution in [0.15, 0.2) is 29.8 Å². The SMILES string of the molecule is COC(=O)[C@H]1CCC(=C[C@H](CO)c2cc(C(F)(F)F)ccc2OC)C1. The molecule has 1 N–H and O–H groups in total. The van der Waals surface area contributed by atoms with Gasteiger partial charge < -0.3 is 14.6 Å². The summed E-state index contributed by atoms with van der Waals surface area (Å²) in [6, 6.07) is 3.21. The number of carbonyl (C=O) groups excluding carboxylic acids is 1. The van der Waals surface area contributed by atoms with Crippen LogP contribution in [0.1, 0.15) is 36.3 Å². The minimum absolute atomic E-state index is 0.237. The lowest BCUT2D eigenvalue weighted by Gasteiger charge is -2.18. The van der Waals surface area contributed by atoms with E-state index < -0.39 is 17.7 Å². The van der Waals surface area contributed by atoms with Crippen LogP contribution in [-0.4, -0.2) is 31.9 Å². The van der Waals surface area contributed by atoms with Crippen LogP contribution < -0.4 is 4.74 Å². The van der Waals surface area contributed by atoms with E-state index in [2.05, 4.69) is 0 Å². The van der Waals surface area contributed by atoms with Gasteiger partial charge in [-0.3, -0.25) is 4.79 Å². The summed E-state index contributed by atoms with van der Waals surface area (Å²) >= 11 is 0. The first-order chi connectivity index (χ1) is 11.8. The predicted molar refractivity (Wildman–Crippen MR) is 85.3 cm³/mol. The molecule has 0 heterocycles. The molecule has 0 bridgehead atoms. The van der Waals surface area contributed by atoms with Gasteiger partial charge in [0.15, 0.2) is 0 Å². The molecule has 4 nitrogen and oxygen atoms in total. The van der Waals surface area contributed by atoms with Crippen LogP contribution in [0.25, 0.3) is 0 Å². The summed E-state index contributed by atoms with van der Waals surface area (Å²) < 4.78 is 48.8. The number of ether oxygens (including phenoxy) is 2. The number of aliphatic hydroxyl groups is 1. The van der Waals surface area contributed by atoms with Crippen molar-refractivity contribution >= 4 is 5.97 Å². The van der Waals surface area contributed by atoms with Crippen molar-refractivity contribution in [2.75, 3.05) is 20.8 Å². The fourth-order valence-electron chi connectivity index (χ4n) is 3.13. The molecule has 1 aromatic carbocycles. The van der Waals surface area contributed by atoms with Crippen molar-refractivity contribution in [3.63, 3.8) is 0 Å². The second kappa shape index (κ2) is 7.91. The maximum absolute atomic E-state index is 13.0. The zero-order valence-corrected chi connectivity index (χ0v) is 14.1. The van der Waals surface area contributed by atoms with Crippen molar-refractivity contribution in [1.82, 2.24) is 0 Å². The summed E-state index contributed by atoms with van der Waals surface area (Å²) in [4.78, 5) is 11.6. The average Bonchev–Trinajstić information content (AvgIpc) is 3.06. The first-order valence-electron chi connectivity index (χ1n) is 7.93. The van der Waals surface area contributed by atoms with Crippen LogP contribution in [0.4, 0.5) is 13.2 Å². The molecule has 1 aliphatic rings. The van der Waals surface area contributed by atoms with Crippen molar-refractivity contribution in [3.05, 3.63) is 41.0 Å². The van der Waals surface area contributed by atoms with Gasteiger partial charge >= 0.3 is 12.1 Å². The fourth-order valence-corrected chi connectivity index (χ4v) is 3.13. The normalized spacial score (nSPS) is 20.6. The second-order valence-electron chi connectivity index (χ2n) is 6.03. The highest BCUT2D eigenvalue weighted by molar-refractivity contribution is 5.73. The van der Waals surface area contributed by atoms with Gasteiger partial charge in [-0.2, -0.15) is 13.2 Å². The lowest BCUT2D eigenvalue weighted by molar-refractivity contribution is -0.145. The summed E-state index contributed by atoms with van der Waals surface area (Å²) in [5.74, 6) is -0.880. The Morgan fingerprint density at radius 3 is 2.68 bits per heavy atom. The fraction of sp³-hybridized carbons (Fsp3) is 0.500. The van der Waals surface area contributed by atoms with Crippen LogP contribution in [-0.2, 0) is 15.7 Å². The van der Waals surface area contributed by atoms with E-state index in [1.54, 1.807) is 6.08 Å². The number of hydrogen-bond acceptors (Lipinski definition) is 4. The van der Waals surface area contributed by atoms with E-state index in [9.17, 15) is 23.1 Å². The number of benzene rings is 1. The number of esters is 1. The Bertz CT molecular complexity index is 652. The number of methoxy groups -OCH3 is 2. The Morgan fingerprint density at radius 1 is 1.40 bits per heavy atom. The van der Waals surface area contributed by atoms with Crippen LogP contribution >= 0.6 is 0 Å². The molecule has 1 fully saturated rings. The second-order valence-corrected chi connectivity index (χ2v) is 6.03. The molecule has 0 unspecified atom stereocenters. The van der Waals surface area contributed by atoms with E-state index >= 15 is 0 Å². The number of alkyl halides is 3. The third-order valence-electron chi connectivity index (χ3n) is 4.45. The third kappa shape index (κ3) is 4.54. The van der Waals surface area contributed by atoms with E-state index in [0.717, 1.165) is 17.7 Å². The highest BCUT2D eigenvalue weighted by atomic mass is 19.4. The Morgan fingerprint density at radius 2 is 2.12 bits per heavy atom. The van der Waals surface area contributed by atoms with Gasteiger partial charge in [0.25, 0.3) is 0 Å². The Hall–Kier alpha value is -2.02. The number of carbonyl (C=O) groups is 1. The lowest BCUT2D eigenvalue weighted by atomic mass is 9.93. The quantitative estimate of drug-likeness (QED) is 0.644. The number of halogens is 3. The van der Waals surface area contributed by atoms with Crippen LogP contribution in [0.3, 0.4) is 0 Å². The lowest BCUT2D eigenvalue weighted by Crippen LogP contribution is -2.12. The standard InChI is InChI=1S/C18H21F3O4/c1-24-16-6-5-14(18(19,20)21)9-15(16)13(10-22)8-11-3-4-12(7-11)17(23)25-2/h5-6,8-9,12-13,22H,3-4,7,10H2,1-2H3/t12-,13+/m0/s1. The van der Waals surface area contributed by atoms with Crippen molar-refractivity contribution in [1.29, 1.82) is 0 Å². The van der Waals surface area contributed by atoms with Gasteiger partial charge in [0.2, 0.25) is 0 Å². The highest BCUT2D eigenvalue weighted by Crippen LogP contribution is 2.38. The molecule has 0 saturated heterocycles. The Balaban J connectivity index is 2.31. The molecule has 1 saturated carbocycles.